The Morgan fingerprint density at radius 2 is 2.17 bits per heavy atom. The SMILES string of the molecule is N#Cc1ncc(NC(=O)O)cn1. The zero-order valence-corrected chi connectivity index (χ0v) is 5.85. The molecule has 6 nitrogen and oxygen atoms in total. The van der Waals surface area contributed by atoms with Gasteiger partial charge in [0.1, 0.15) is 6.07 Å². The molecule has 0 atom stereocenters. The molecule has 0 aliphatic heterocycles. The number of aromatic nitrogens is 2. The van der Waals surface area contributed by atoms with Crippen molar-refractivity contribution < 1.29 is 9.90 Å². The van der Waals surface area contributed by atoms with Gasteiger partial charge in [0.25, 0.3) is 0 Å². The van der Waals surface area contributed by atoms with E-state index in [1.165, 1.54) is 12.4 Å². The number of rotatable bonds is 1. The lowest BCUT2D eigenvalue weighted by Crippen LogP contribution is -2.07. The minimum absolute atomic E-state index is 0.00550. The van der Waals surface area contributed by atoms with E-state index in [-0.39, 0.29) is 11.5 Å². The number of carbonyl (C=O) groups is 1. The van der Waals surface area contributed by atoms with Gasteiger partial charge in [-0.25, -0.2) is 14.8 Å². The summed E-state index contributed by atoms with van der Waals surface area (Å²) in [5.41, 5.74) is 0.238. The molecule has 0 saturated carbocycles. The molecule has 0 radical (unpaired) electrons. The van der Waals surface area contributed by atoms with Gasteiger partial charge in [0.2, 0.25) is 5.82 Å². The van der Waals surface area contributed by atoms with E-state index in [1.807, 2.05) is 5.32 Å². The fourth-order valence-corrected chi connectivity index (χ4v) is 0.574. The van der Waals surface area contributed by atoms with Crippen LogP contribution in [-0.2, 0) is 0 Å². The quantitative estimate of drug-likeness (QED) is 0.627. The van der Waals surface area contributed by atoms with Crippen molar-refractivity contribution in [1.82, 2.24) is 9.97 Å². The maximum absolute atomic E-state index is 10.1. The summed E-state index contributed by atoms with van der Waals surface area (Å²) < 4.78 is 0. The number of hydrogen-bond acceptors (Lipinski definition) is 4. The second-order valence-corrected chi connectivity index (χ2v) is 1.84. The number of carboxylic acid groups (broad SMARTS) is 1. The van der Waals surface area contributed by atoms with Crippen LogP contribution in [0.3, 0.4) is 0 Å². The summed E-state index contributed by atoms with van der Waals surface area (Å²) in [7, 11) is 0. The summed E-state index contributed by atoms with van der Waals surface area (Å²) in [5.74, 6) is 0.00550. The Kier molecular flexibility index (Phi) is 2.18. The van der Waals surface area contributed by atoms with Crippen LogP contribution in [0.1, 0.15) is 5.82 Å². The summed E-state index contributed by atoms with van der Waals surface area (Å²) in [6, 6.07) is 1.71. The van der Waals surface area contributed by atoms with Crippen molar-refractivity contribution in [2.45, 2.75) is 0 Å². The molecule has 2 N–H and O–H groups in total. The molecule has 0 aromatic carbocycles. The Bertz CT molecular complexity index is 326. The molecule has 1 rings (SSSR count). The van der Waals surface area contributed by atoms with Crippen LogP contribution in [-0.4, -0.2) is 21.2 Å². The van der Waals surface area contributed by atoms with Crippen LogP contribution in [0, 0.1) is 11.3 Å². The van der Waals surface area contributed by atoms with Crippen LogP contribution >= 0.6 is 0 Å². The lowest BCUT2D eigenvalue weighted by Gasteiger charge is -1.96. The van der Waals surface area contributed by atoms with Crippen molar-refractivity contribution in [1.29, 1.82) is 5.26 Å². The van der Waals surface area contributed by atoms with Crippen LogP contribution in [0.15, 0.2) is 12.4 Å². The lowest BCUT2D eigenvalue weighted by molar-refractivity contribution is 0.209. The molecule has 0 aliphatic carbocycles. The van der Waals surface area contributed by atoms with Crippen molar-refractivity contribution in [3.63, 3.8) is 0 Å². The molecule has 1 aromatic heterocycles. The van der Waals surface area contributed by atoms with Gasteiger partial charge in [-0.05, 0) is 0 Å². The van der Waals surface area contributed by atoms with Crippen molar-refractivity contribution >= 4 is 11.8 Å². The van der Waals surface area contributed by atoms with Crippen LogP contribution in [0.25, 0.3) is 0 Å². The number of nitrogens with one attached hydrogen (secondary N) is 1. The fraction of sp³-hybridized carbons (Fsp3) is 0. The Balaban J connectivity index is 2.80. The Morgan fingerprint density at radius 3 is 2.58 bits per heavy atom. The topological polar surface area (TPSA) is 98.9 Å². The van der Waals surface area contributed by atoms with Crippen molar-refractivity contribution in [2.24, 2.45) is 0 Å². The lowest BCUT2D eigenvalue weighted by atomic mass is 10.5. The summed E-state index contributed by atoms with van der Waals surface area (Å²) in [6.45, 7) is 0. The normalized spacial score (nSPS) is 8.58. The first-order chi connectivity index (χ1) is 5.72. The summed E-state index contributed by atoms with van der Waals surface area (Å²) in [6.07, 6.45) is 1.25. The molecule has 0 spiro atoms. The Hall–Kier alpha value is -2.16. The fourth-order valence-electron chi connectivity index (χ4n) is 0.574. The van der Waals surface area contributed by atoms with Gasteiger partial charge in [-0.1, -0.05) is 0 Å². The van der Waals surface area contributed by atoms with Crippen molar-refractivity contribution in [3.8, 4) is 6.07 Å². The maximum Gasteiger partial charge on any atom is 0.409 e. The van der Waals surface area contributed by atoms with Gasteiger partial charge in [-0.2, -0.15) is 5.26 Å². The Morgan fingerprint density at radius 1 is 1.58 bits per heavy atom. The number of amides is 1. The highest BCUT2D eigenvalue weighted by Gasteiger charge is 1.98. The molecule has 1 aromatic rings. The summed E-state index contributed by atoms with van der Waals surface area (Å²) >= 11 is 0. The molecule has 6 heteroatoms. The standard InChI is InChI=1S/C6H4N4O2/c7-1-5-8-2-4(3-9-5)10-6(11)12/h2-3,10H,(H,11,12). The first-order valence-electron chi connectivity index (χ1n) is 2.94. The number of nitriles is 1. The van der Waals surface area contributed by atoms with Crippen molar-refractivity contribution in [2.75, 3.05) is 5.32 Å². The number of nitrogens with zero attached hydrogens (tertiary/aromatic N) is 3. The molecule has 0 aliphatic rings. The second-order valence-electron chi connectivity index (χ2n) is 1.84. The van der Waals surface area contributed by atoms with E-state index in [1.54, 1.807) is 6.07 Å². The predicted molar refractivity (Wildman–Crippen MR) is 38.4 cm³/mol. The molecule has 0 fully saturated rings. The molecule has 0 bridgehead atoms. The van der Waals surface area contributed by atoms with Gasteiger partial charge < -0.3 is 5.11 Å². The van der Waals surface area contributed by atoms with E-state index in [0.717, 1.165) is 0 Å². The predicted octanol–water partition coefficient (Wildman–Crippen LogP) is 0.438. The first-order valence-corrected chi connectivity index (χ1v) is 2.94. The Labute approximate surface area is 67.5 Å². The smallest absolute Gasteiger partial charge is 0.409 e. The average molecular weight is 164 g/mol. The highest BCUT2D eigenvalue weighted by atomic mass is 16.4. The summed E-state index contributed by atoms with van der Waals surface area (Å²) in [5, 5.41) is 18.6. The van der Waals surface area contributed by atoms with Gasteiger partial charge in [0.15, 0.2) is 0 Å². The second kappa shape index (κ2) is 3.30. The maximum atomic E-state index is 10.1. The molecule has 1 heterocycles. The van der Waals surface area contributed by atoms with Gasteiger partial charge in [0, 0.05) is 0 Å². The molecule has 1 amide bonds. The zero-order chi connectivity index (χ0) is 8.97. The van der Waals surface area contributed by atoms with Gasteiger partial charge >= 0.3 is 6.09 Å². The third-order valence-electron chi connectivity index (χ3n) is 1.00. The van der Waals surface area contributed by atoms with E-state index < -0.39 is 6.09 Å². The van der Waals surface area contributed by atoms with E-state index in [9.17, 15) is 4.79 Å². The molecular weight excluding hydrogens is 160 g/mol. The average Bonchev–Trinajstić information content (AvgIpc) is 2.05. The van der Waals surface area contributed by atoms with Gasteiger partial charge in [0.05, 0.1) is 18.1 Å². The van der Waals surface area contributed by atoms with Crippen LogP contribution in [0.5, 0.6) is 0 Å². The largest absolute Gasteiger partial charge is 0.465 e. The number of hydrogen-bond donors (Lipinski definition) is 2. The van der Waals surface area contributed by atoms with E-state index >= 15 is 0 Å². The third kappa shape index (κ3) is 1.91. The molecular formula is C6H4N4O2. The minimum Gasteiger partial charge on any atom is -0.465 e. The van der Waals surface area contributed by atoms with Crippen molar-refractivity contribution in [3.05, 3.63) is 18.2 Å². The minimum atomic E-state index is -1.19. The van der Waals surface area contributed by atoms with E-state index in [4.69, 9.17) is 10.4 Å². The monoisotopic (exact) mass is 164 g/mol. The first kappa shape index (κ1) is 7.94. The van der Waals surface area contributed by atoms with Crippen LogP contribution < -0.4 is 5.32 Å². The molecule has 60 valence electrons. The van der Waals surface area contributed by atoms with Gasteiger partial charge in [-0.15, -0.1) is 0 Å². The zero-order valence-electron chi connectivity index (χ0n) is 5.85. The van der Waals surface area contributed by atoms with Gasteiger partial charge in [-0.3, -0.25) is 5.32 Å². The highest BCUT2D eigenvalue weighted by molar-refractivity contribution is 5.82. The molecule has 0 saturated heterocycles. The summed E-state index contributed by atoms with van der Waals surface area (Å²) in [4.78, 5) is 17.2. The van der Waals surface area contributed by atoms with E-state index in [2.05, 4.69) is 9.97 Å². The molecule has 12 heavy (non-hydrogen) atoms. The van der Waals surface area contributed by atoms with Crippen LogP contribution in [0.2, 0.25) is 0 Å². The molecule has 0 unspecified atom stereocenters. The van der Waals surface area contributed by atoms with Crippen LogP contribution in [0.4, 0.5) is 10.5 Å². The van der Waals surface area contributed by atoms with E-state index in [0.29, 0.717) is 0 Å². The third-order valence-corrected chi connectivity index (χ3v) is 1.00. The highest BCUT2D eigenvalue weighted by Crippen LogP contribution is 2.01. The number of anilines is 1.